The zero-order valence-corrected chi connectivity index (χ0v) is 8.38. The number of rotatable bonds is 2. The van der Waals surface area contributed by atoms with E-state index in [2.05, 4.69) is 4.98 Å². The second kappa shape index (κ2) is 3.46. The number of hydrogen-bond donors (Lipinski definition) is 0. The van der Waals surface area contributed by atoms with E-state index in [0.29, 0.717) is 0 Å². The van der Waals surface area contributed by atoms with Gasteiger partial charge in [-0.15, -0.1) is 11.3 Å². The highest BCUT2D eigenvalue weighted by atomic mass is 32.1. The van der Waals surface area contributed by atoms with Gasteiger partial charge in [0.1, 0.15) is 0 Å². The van der Waals surface area contributed by atoms with Crippen LogP contribution in [-0.4, -0.2) is 17.9 Å². The van der Waals surface area contributed by atoms with E-state index < -0.39 is 0 Å². The molecule has 3 nitrogen and oxygen atoms in total. The van der Waals surface area contributed by atoms with Crippen molar-refractivity contribution in [2.45, 2.75) is 19.3 Å². The molecule has 0 spiro atoms. The van der Waals surface area contributed by atoms with Gasteiger partial charge in [-0.2, -0.15) is 0 Å². The van der Waals surface area contributed by atoms with Crippen LogP contribution in [-0.2, 0) is 4.79 Å². The summed E-state index contributed by atoms with van der Waals surface area (Å²) in [5, 5.41) is 2.69. The zero-order valence-electron chi connectivity index (χ0n) is 7.56. The summed E-state index contributed by atoms with van der Waals surface area (Å²) in [4.78, 5) is 17.5. The standard InChI is InChI=1S/C9H12N2OS/c1-11(9-10-5-6-13-9)8(12)7-3-2-4-7/h5-7H,2-4H2,1H3. The van der Waals surface area contributed by atoms with E-state index in [4.69, 9.17) is 0 Å². The van der Waals surface area contributed by atoms with Gasteiger partial charge in [-0.05, 0) is 12.8 Å². The van der Waals surface area contributed by atoms with Crippen molar-refractivity contribution in [3.05, 3.63) is 11.6 Å². The topological polar surface area (TPSA) is 33.2 Å². The fourth-order valence-electron chi connectivity index (χ4n) is 1.40. The lowest BCUT2D eigenvalue weighted by Gasteiger charge is -2.27. The van der Waals surface area contributed by atoms with Crippen molar-refractivity contribution in [1.82, 2.24) is 4.98 Å². The van der Waals surface area contributed by atoms with Gasteiger partial charge in [-0.3, -0.25) is 9.69 Å². The minimum atomic E-state index is 0.223. The third-order valence-electron chi connectivity index (χ3n) is 2.49. The van der Waals surface area contributed by atoms with Crippen LogP contribution in [0.4, 0.5) is 5.13 Å². The minimum absolute atomic E-state index is 0.223. The SMILES string of the molecule is CN(C(=O)C1CCC1)c1nccs1. The third kappa shape index (κ3) is 1.58. The number of aromatic nitrogens is 1. The fourth-order valence-corrected chi connectivity index (χ4v) is 2.02. The van der Waals surface area contributed by atoms with E-state index in [-0.39, 0.29) is 11.8 Å². The first-order chi connectivity index (χ1) is 6.29. The second-order valence-corrected chi connectivity index (χ2v) is 4.21. The molecule has 1 aromatic rings. The average molecular weight is 196 g/mol. The number of anilines is 1. The molecule has 1 aliphatic carbocycles. The number of carbonyl (C=O) groups is 1. The predicted octanol–water partition coefficient (Wildman–Crippen LogP) is 1.91. The lowest BCUT2D eigenvalue weighted by molar-refractivity contribution is -0.124. The van der Waals surface area contributed by atoms with Gasteiger partial charge in [0, 0.05) is 24.5 Å². The summed E-state index contributed by atoms with van der Waals surface area (Å²) in [6.07, 6.45) is 5.02. The molecule has 2 rings (SSSR count). The minimum Gasteiger partial charge on any atom is -0.291 e. The first-order valence-corrected chi connectivity index (χ1v) is 5.34. The summed E-state index contributed by atoms with van der Waals surface area (Å²) in [7, 11) is 1.81. The summed E-state index contributed by atoms with van der Waals surface area (Å²) in [5.74, 6) is 0.482. The summed E-state index contributed by atoms with van der Waals surface area (Å²) in [5.41, 5.74) is 0. The first-order valence-electron chi connectivity index (χ1n) is 4.46. The molecule has 0 atom stereocenters. The summed E-state index contributed by atoms with van der Waals surface area (Å²) < 4.78 is 0. The van der Waals surface area contributed by atoms with Gasteiger partial charge in [0.15, 0.2) is 5.13 Å². The number of thiazole rings is 1. The van der Waals surface area contributed by atoms with Crippen molar-refractivity contribution in [3.63, 3.8) is 0 Å². The Kier molecular flexibility index (Phi) is 2.31. The van der Waals surface area contributed by atoms with Crippen molar-refractivity contribution in [1.29, 1.82) is 0 Å². The summed E-state index contributed by atoms with van der Waals surface area (Å²) in [6.45, 7) is 0. The van der Waals surface area contributed by atoms with Crippen LogP contribution in [0.5, 0.6) is 0 Å². The highest BCUT2D eigenvalue weighted by Gasteiger charge is 2.28. The summed E-state index contributed by atoms with van der Waals surface area (Å²) >= 11 is 1.51. The first kappa shape index (κ1) is 8.69. The molecule has 0 N–H and O–H groups in total. The van der Waals surface area contributed by atoms with Gasteiger partial charge in [-0.25, -0.2) is 4.98 Å². The highest BCUT2D eigenvalue weighted by Crippen LogP contribution is 2.29. The molecular formula is C9H12N2OS. The smallest absolute Gasteiger partial charge is 0.231 e. The largest absolute Gasteiger partial charge is 0.291 e. The Balaban J connectivity index is 2.04. The van der Waals surface area contributed by atoms with Crippen LogP contribution in [0.1, 0.15) is 19.3 Å². The van der Waals surface area contributed by atoms with Gasteiger partial charge in [0.25, 0.3) is 0 Å². The molecule has 13 heavy (non-hydrogen) atoms. The number of hydrogen-bond acceptors (Lipinski definition) is 3. The molecule has 1 saturated carbocycles. The number of nitrogens with zero attached hydrogens (tertiary/aromatic N) is 2. The molecule has 1 fully saturated rings. The molecule has 1 aromatic heterocycles. The van der Waals surface area contributed by atoms with Gasteiger partial charge in [-0.1, -0.05) is 6.42 Å². The van der Waals surface area contributed by atoms with Crippen LogP contribution in [0.2, 0.25) is 0 Å². The molecule has 0 aliphatic heterocycles. The van der Waals surface area contributed by atoms with Gasteiger partial charge in [0.2, 0.25) is 5.91 Å². The lowest BCUT2D eigenvalue weighted by atomic mass is 9.84. The van der Waals surface area contributed by atoms with Crippen LogP contribution in [0.15, 0.2) is 11.6 Å². The Morgan fingerprint density at radius 2 is 2.46 bits per heavy atom. The molecule has 0 radical (unpaired) electrons. The van der Waals surface area contributed by atoms with Crippen LogP contribution < -0.4 is 4.90 Å². The molecule has 0 unspecified atom stereocenters. The van der Waals surface area contributed by atoms with Crippen molar-refractivity contribution < 1.29 is 4.79 Å². The van der Waals surface area contributed by atoms with Crippen molar-refractivity contribution >= 4 is 22.4 Å². The summed E-state index contributed by atoms with van der Waals surface area (Å²) in [6, 6.07) is 0. The normalized spacial score (nSPS) is 16.7. The maximum Gasteiger partial charge on any atom is 0.231 e. The van der Waals surface area contributed by atoms with Crippen molar-refractivity contribution in [2.75, 3.05) is 11.9 Å². The van der Waals surface area contributed by atoms with Crippen LogP contribution in [0.3, 0.4) is 0 Å². The van der Waals surface area contributed by atoms with E-state index in [1.54, 1.807) is 18.1 Å². The Morgan fingerprint density at radius 3 is 2.92 bits per heavy atom. The Bertz CT molecular complexity index is 293. The molecule has 1 heterocycles. The molecule has 0 aromatic carbocycles. The third-order valence-corrected chi connectivity index (χ3v) is 3.34. The number of amides is 1. The Morgan fingerprint density at radius 1 is 1.69 bits per heavy atom. The molecule has 4 heteroatoms. The molecular weight excluding hydrogens is 184 g/mol. The second-order valence-electron chi connectivity index (χ2n) is 3.34. The molecule has 0 bridgehead atoms. The maximum atomic E-state index is 11.7. The monoisotopic (exact) mass is 196 g/mol. The average Bonchev–Trinajstić information content (AvgIpc) is 2.51. The molecule has 0 saturated heterocycles. The van der Waals surface area contributed by atoms with E-state index in [9.17, 15) is 4.79 Å². The van der Waals surface area contributed by atoms with Crippen molar-refractivity contribution in [2.24, 2.45) is 5.92 Å². The van der Waals surface area contributed by atoms with Crippen molar-refractivity contribution in [3.8, 4) is 0 Å². The lowest BCUT2D eigenvalue weighted by Crippen LogP contribution is -2.36. The van der Waals surface area contributed by atoms with Crippen LogP contribution in [0, 0.1) is 5.92 Å². The van der Waals surface area contributed by atoms with E-state index in [0.717, 1.165) is 18.0 Å². The number of carbonyl (C=O) groups excluding carboxylic acids is 1. The van der Waals surface area contributed by atoms with Gasteiger partial charge < -0.3 is 0 Å². The Hall–Kier alpha value is -0.900. The zero-order chi connectivity index (χ0) is 9.26. The molecule has 70 valence electrons. The van der Waals surface area contributed by atoms with Gasteiger partial charge >= 0.3 is 0 Å². The fraction of sp³-hybridized carbons (Fsp3) is 0.556. The van der Waals surface area contributed by atoms with Crippen LogP contribution >= 0.6 is 11.3 Å². The van der Waals surface area contributed by atoms with E-state index in [1.165, 1.54) is 17.8 Å². The highest BCUT2D eigenvalue weighted by molar-refractivity contribution is 7.13. The molecule has 1 aliphatic rings. The van der Waals surface area contributed by atoms with E-state index >= 15 is 0 Å². The molecule has 1 amide bonds. The van der Waals surface area contributed by atoms with Gasteiger partial charge in [0.05, 0.1) is 0 Å². The van der Waals surface area contributed by atoms with E-state index in [1.807, 2.05) is 5.38 Å². The Labute approximate surface area is 81.4 Å². The van der Waals surface area contributed by atoms with Crippen LogP contribution in [0.25, 0.3) is 0 Å². The maximum absolute atomic E-state index is 11.7. The predicted molar refractivity (Wildman–Crippen MR) is 52.9 cm³/mol. The quantitative estimate of drug-likeness (QED) is 0.724.